The van der Waals surface area contributed by atoms with Crippen LogP contribution < -0.4 is 14.8 Å². The van der Waals surface area contributed by atoms with Gasteiger partial charge in [0, 0.05) is 18.9 Å². The first-order valence-corrected chi connectivity index (χ1v) is 9.08. The molecule has 3 aromatic rings. The van der Waals surface area contributed by atoms with Gasteiger partial charge in [-0.3, -0.25) is 4.79 Å². The summed E-state index contributed by atoms with van der Waals surface area (Å²) in [6.45, 7) is 2.06. The molecule has 1 aliphatic rings. The van der Waals surface area contributed by atoms with Crippen LogP contribution in [0.25, 0.3) is 11.3 Å². The lowest BCUT2D eigenvalue weighted by atomic mass is 10.1. The zero-order valence-corrected chi connectivity index (χ0v) is 15.6. The third-order valence-electron chi connectivity index (χ3n) is 4.59. The maximum Gasteiger partial charge on any atom is 0.231 e. The number of oxazole rings is 1. The molecule has 0 aliphatic carbocycles. The van der Waals surface area contributed by atoms with Crippen molar-refractivity contribution in [1.29, 1.82) is 0 Å². The summed E-state index contributed by atoms with van der Waals surface area (Å²) < 4.78 is 43.0. The van der Waals surface area contributed by atoms with E-state index in [4.69, 9.17) is 13.9 Å². The Kier molecular flexibility index (Phi) is 5.16. The molecule has 1 aromatic heterocycles. The van der Waals surface area contributed by atoms with E-state index in [0.717, 1.165) is 17.7 Å². The fourth-order valence-corrected chi connectivity index (χ4v) is 3.04. The van der Waals surface area contributed by atoms with Gasteiger partial charge in [-0.05, 0) is 36.8 Å². The average Bonchev–Trinajstić information content (AvgIpc) is 3.35. The van der Waals surface area contributed by atoms with Crippen LogP contribution in [-0.2, 0) is 11.2 Å². The largest absolute Gasteiger partial charge is 0.454 e. The number of carbonyl (C=O) groups is 1. The number of aryl methyl sites for hydroxylation is 1. The first kappa shape index (κ1) is 18.9. The van der Waals surface area contributed by atoms with E-state index in [1.165, 1.54) is 12.3 Å². The fraction of sp³-hybridized carbons (Fsp3) is 0.238. The van der Waals surface area contributed by atoms with Crippen LogP contribution in [0.3, 0.4) is 0 Å². The van der Waals surface area contributed by atoms with Crippen molar-refractivity contribution in [3.05, 3.63) is 65.7 Å². The van der Waals surface area contributed by atoms with Crippen LogP contribution >= 0.6 is 0 Å². The third kappa shape index (κ3) is 4.21. The normalized spacial score (nSPS) is 13.3. The highest BCUT2D eigenvalue weighted by atomic mass is 19.1. The van der Waals surface area contributed by atoms with Crippen LogP contribution in [0.2, 0.25) is 0 Å². The molecule has 4 rings (SSSR count). The molecule has 1 aliphatic heterocycles. The summed E-state index contributed by atoms with van der Waals surface area (Å²) in [5, 5.41) is 2.91. The number of aromatic nitrogens is 1. The van der Waals surface area contributed by atoms with Gasteiger partial charge >= 0.3 is 0 Å². The second-order valence-electron chi connectivity index (χ2n) is 6.64. The van der Waals surface area contributed by atoms with Crippen LogP contribution in [0, 0.1) is 11.6 Å². The third-order valence-corrected chi connectivity index (χ3v) is 4.59. The zero-order valence-electron chi connectivity index (χ0n) is 15.6. The van der Waals surface area contributed by atoms with E-state index in [2.05, 4.69) is 10.3 Å². The van der Waals surface area contributed by atoms with E-state index >= 15 is 0 Å². The second kappa shape index (κ2) is 7.90. The van der Waals surface area contributed by atoms with Crippen molar-refractivity contribution < 1.29 is 27.5 Å². The summed E-state index contributed by atoms with van der Waals surface area (Å²) in [6, 6.07) is 8.51. The van der Waals surface area contributed by atoms with Crippen LogP contribution in [0.5, 0.6) is 11.5 Å². The van der Waals surface area contributed by atoms with Gasteiger partial charge in [-0.1, -0.05) is 6.07 Å². The molecule has 2 heterocycles. The lowest BCUT2D eigenvalue weighted by Gasteiger charge is -2.14. The van der Waals surface area contributed by atoms with Gasteiger partial charge in [0.2, 0.25) is 12.7 Å². The standard InChI is InChI=1S/C21H18F2N2O4/c1-12(13-2-5-17-18(8-13)28-11-27-17)25-20(26)6-7-21-24-10-19(29-21)15-4-3-14(22)9-16(15)23/h2-5,8-10,12H,6-7,11H2,1H3,(H,25,26)/t12-/m1/s1. The molecule has 6 nitrogen and oxygen atoms in total. The van der Waals surface area contributed by atoms with Gasteiger partial charge in [0.05, 0.1) is 17.8 Å². The van der Waals surface area contributed by atoms with E-state index in [-0.39, 0.29) is 42.9 Å². The predicted octanol–water partition coefficient (Wildman–Crippen LogP) is 4.16. The number of hydrogen-bond donors (Lipinski definition) is 1. The first-order valence-electron chi connectivity index (χ1n) is 9.08. The number of benzene rings is 2. The number of nitrogens with one attached hydrogen (secondary N) is 1. The van der Waals surface area contributed by atoms with Crippen molar-refractivity contribution in [3.63, 3.8) is 0 Å². The molecule has 2 aromatic carbocycles. The van der Waals surface area contributed by atoms with E-state index in [1.54, 1.807) is 0 Å². The van der Waals surface area contributed by atoms with E-state index < -0.39 is 11.6 Å². The van der Waals surface area contributed by atoms with Crippen LogP contribution in [0.1, 0.15) is 30.8 Å². The maximum atomic E-state index is 13.8. The van der Waals surface area contributed by atoms with Crippen molar-refractivity contribution in [2.75, 3.05) is 6.79 Å². The summed E-state index contributed by atoms with van der Waals surface area (Å²) in [7, 11) is 0. The monoisotopic (exact) mass is 400 g/mol. The smallest absolute Gasteiger partial charge is 0.231 e. The van der Waals surface area contributed by atoms with Gasteiger partial charge in [-0.15, -0.1) is 0 Å². The molecule has 1 amide bonds. The zero-order chi connectivity index (χ0) is 20.4. The number of amides is 1. The summed E-state index contributed by atoms with van der Waals surface area (Å²) in [5.41, 5.74) is 1.01. The summed E-state index contributed by atoms with van der Waals surface area (Å²) in [4.78, 5) is 16.3. The molecule has 0 bridgehead atoms. The van der Waals surface area contributed by atoms with Gasteiger partial charge in [0.15, 0.2) is 23.1 Å². The second-order valence-corrected chi connectivity index (χ2v) is 6.64. The topological polar surface area (TPSA) is 73.6 Å². The van der Waals surface area contributed by atoms with Crippen molar-refractivity contribution in [1.82, 2.24) is 10.3 Å². The molecule has 8 heteroatoms. The molecular weight excluding hydrogens is 382 g/mol. The average molecular weight is 400 g/mol. The van der Waals surface area contributed by atoms with E-state index in [9.17, 15) is 13.6 Å². The van der Waals surface area contributed by atoms with Gasteiger partial charge in [0.25, 0.3) is 0 Å². The minimum atomic E-state index is -0.733. The molecule has 150 valence electrons. The Morgan fingerprint density at radius 2 is 2.00 bits per heavy atom. The first-order chi connectivity index (χ1) is 14.0. The molecule has 1 N–H and O–H groups in total. The predicted molar refractivity (Wildman–Crippen MR) is 99.3 cm³/mol. The van der Waals surface area contributed by atoms with Crippen molar-refractivity contribution in [2.45, 2.75) is 25.8 Å². The summed E-state index contributed by atoms with van der Waals surface area (Å²) >= 11 is 0. The number of nitrogens with zero attached hydrogens (tertiary/aromatic N) is 1. The number of fused-ring (bicyclic) bond motifs is 1. The summed E-state index contributed by atoms with van der Waals surface area (Å²) in [5.74, 6) is 0.250. The molecule has 0 unspecified atom stereocenters. The molecule has 0 fully saturated rings. The number of rotatable bonds is 6. The van der Waals surface area contributed by atoms with Gasteiger partial charge in [-0.2, -0.15) is 0 Å². The minimum absolute atomic E-state index is 0.117. The lowest BCUT2D eigenvalue weighted by molar-refractivity contribution is -0.121. The molecule has 29 heavy (non-hydrogen) atoms. The lowest BCUT2D eigenvalue weighted by Crippen LogP contribution is -2.26. The van der Waals surface area contributed by atoms with Gasteiger partial charge in [-0.25, -0.2) is 13.8 Å². The van der Waals surface area contributed by atoms with Crippen molar-refractivity contribution >= 4 is 5.91 Å². The molecule has 0 radical (unpaired) electrons. The maximum absolute atomic E-state index is 13.8. The van der Waals surface area contributed by atoms with E-state index in [0.29, 0.717) is 17.4 Å². The molecule has 0 saturated heterocycles. The highest BCUT2D eigenvalue weighted by molar-refractivity contribution is 5.76. The minimum Gasteiger partial charge on any atom is -0.454 e. The number of halogens is 2. The molecular formula is C21H18F2N2O4. The molecule has 1 atom stereocenters. The Balaban J connectivity index is 1.33. The quantitative estimate of drug-likeness (QED) is 0.673. The Morgan fingerprint density at radius 3 is 2.83 bits per heavy atom. The van der Waals surface area contributed by atoms with Gasteiger partial charge < -0.3 is 19.2 Å². The number of ether oxygens (including phenoxy) is 2. The molecule has 0 spiro atoms. The fourth-order valence-electron chi connectivity index (χ4n) is 3.04. The number of hydrogen-bond acceptors (Lipinski definition) is 5. The van der Waals surface area contributed by atoms with E-state index in [1.807, 2.05) is 25.1 Å². The molecule has 0 saturated carbocycles. The van der Waals surface area contributed by atoms with Crippen molar-refractivity contribution in [2.24, 2.45) is 0 Å². The Labute approximate surface area is 165 Å². The highest BCUT2D eigenvalue weighted by Crippen LogP contribution is 2.34. The number of carbonyl (C=O) groups excluding carboxylic acids is 1. The van der Waals surface area contributed by atoms with Gasteiger partial charge in [0.1, 0.15) is 11.6 Å². The van der Waals surface area contributed by atoms with Crippen LogP contribution in [-0.4, -0.2) is 17.7 Å². The highest BCUT2D eigenvalue weighted by Gasteiger charge is 2.17. The Bertz CT molecular complexity index is 1050. The van der Waals surface area contributed by atoms with Crippen molar-refractivity contribution in [3.8, 4) is 22.8 Å². The van der Waals surface area contributed by atoms with Crippen LogP contribution in [0.4, 0.5) is 8.78 Å². The SMILES string of the molecule is C[C@@H](NC(=O)CCc1ncc(-c2ccc(F)cc2F)o1)c1ccc2c(c1)OCO2. The summed E-state index contributed by atoms with van der Waals surface area (Å²) in [6.07, 6.45) is 1.77. The van der Waals surface area contributed by atoms with Crippen LogP contribution in [0.15, 0.2) is 47.0 Å². The Hall–Kier alpha value is -3.42. The Morgan fingerprint density at radius 1 is 1.17 bits per heavy atom.